The molecule has 1 saturated heterocycles. The van der Waals surface area contributed by atoms with E-state index in [0.717, 1.165) is 52.8 Å². The number of piperazine rings is 1. The maximum Gasteiger partial charge on any atom is 0.227 e. The number of aromatic nitrogens is 1. The highest BCUT2D eigenvalue weighted by Gasteiger charge is 2.23. The average Bonchev–Trinajstić information content (AvgIpc) is 3.15. The number of benzene rings is 2. The number of carbonyl (C=O) groups is 1. The number of aryl methyl sites for hydroxylation is 1. The molecule has 0 unspecified atom stereocenters. The number of thiazole rings is 1. The Labute approximate surface area is 169 Å². The Morgan fingerprint density at radius 1 is 1.11 bits per heavy atom. The van der Waals surface area contributed by atoms with E-state index in [-0.39, 0.29) is 5.91 Å². The highest BCUT2D eigenvalue weighted by Crippen LogP contribution is 2.34. The van der Waals surface area contributed by atoms with Gasteiger partial charge >= 0.3 is 0 Å². The normalized spacial score (nSPS) is 14.5. The number of carbonyl (C=O) groups excluding carboxylic acids is 1. The number of hydrogen-bond acceptors (Lipinski definition) is 5. The van der Waals surface area contributed by atoms with Crippen molar-refractivity contribution in [2.75, 3.05) is 37.7 Å². The second-order valence-corrected chi connectivity index (χ2v) is 8.07. The second kappa shape index (κ2) is 8.19. The number of rotatable bonds is 5. The van der Waals surface area contributed by atoms with Gasteiger partial charge < -0.3 is 14.5 Å². The van der Waals surface area contributed by atoms with E-state index in [4.69, 9.17) is 9.72 Å². The van der Waals surface area contributed by atoms with Crippen molar-refractivity contribution >= 4 is 32.6 Å². The van der Waals surface area contributed by atoms with E-state index >= 15 is 0 Å². The van der Waals surface area contributed by atoms with Gasteiger partial charge in [-0.15, -0.1) is 0 Å². The molecule has 28 heavy (non-hydrogen) atoms. The predicted molar refractivity (Wildman–Crippen MR) is 114 cm³/mol. The van der Waals surface area contributed by atoms with Gasteiger partial charge in [-0.3, -0.25) is 4.79 Å². The molecule has 1 aliphatic heterocycles. The van der Waals surface area contributed by atoms with Crippen LogP contribution in [-0.4, -0.2) is 48.6 Å². The van der Waals surface area contributed by atoms with Crippen LogP contribution in [0.25, 0.3) is 10.2 Å². The molecule has 0 spiro atoms. The van der Waals surface area contributed by atoms with Crippen LogP contribution in [0, 0.1) is 6.92 Å². The van der Waals surface area contributed by atoms with Crippen LogP contribution < -0.4 is 9.64 Å². The van der Waals surface area contributed by atoms with E-state index in [1.165, 1.54) is 5.56 Å². The lowest BCUT2D eigenvalue weighted by atomic mass is 10.1. The first kappa shape index (κ1) is 18.7. The van der Waals surface area contributed by atoms with Gasteiger partial charge in [0, 0.05) is 26.2 Å². The van der Waals surface area contributed by atoms with Gasteiger partial charge in [0.25, 0.3) is 0 Å². The van der Waals surface area contributed by atoms with Crippen LogP contribution in [0.1, 0.15) is 18.1 Å². The van der Waals surface area contributed by atoms with Crippen molar-refractivity contribution in [1.82, 2.24) is 9.88 Å². The highest BCUT2D eigenvalue weighted by atomic mass is 32.1. The predicted octanol–water partition coefficient (Wildman–Crippen LogP) is 3.89. The zero-order valence-electron chi connectivity index (χ0n) is 16.4. The summed E-state index contributed by atoms with van der Waals surface area (Å²) in [5.74, 6) is 1.04. The monoisotopic (exact) mass is 395 g/mol. The third-order valence-corrected chi connectivity index (χ3v) is 6.13. The number of nitrogens with zero attached hydrogens (tertiary/aromatic N) is 3. The number of fused-ring (bicyclic) bond motifs is 1. The first-order chi connectivity index (χ1) is 13.6. The van der Waals surface area contributed by atoms with Crippen LogP contribution in [0.4, 0.5) is 5.13 Å². The van der Waals surface area contributed by atoms with Crippen molar-refractivity contribution in [3.8, 4) is 5.75 Å². The van der Waals surface area contributed by atoms with Crippen molar-refractivity contribution < 1.29 is 9.53 Å². The summed E-state index contributed by atoms with van der Waals surface area (Å²) in [6.07, 6.45) is 0.471. The Morgan fingerprint density at radius 3 is 2.57 bits per heavy atom. The van der Waals surface area contributed by atoms with Crippen molar-refractivity contribution in [2.45, 2.75) is 20.3 Å². The third-order valence-electron chi connectivity index (χ3n) is 5.05. The summed E-state index contributed by atoms with van der Waals surface area (Å²) >= 11 is 1.69. The molecule has 0 bridgehead atoms. The Kier molecular flexibility index (Phi) is 5.48. The van der Waals surface area contributed by atoms with Gasteiger partial charge in [0.1, 0.15) is 11.3 Å². The van der Waals surface area contributed by atoms with Gasteiger partial charge in [-0.2, -0.15) is 0 Å². The van der Waals surface area contributed by atoms with Crippen molar-refractivity contribution in [1.29, 1.82) is 0 Å². The average molecular weight is 396 g/mol. The maximum absolute atomic E-state index is 12.6. The summed E-state index contributed by atoms with van der Waals surface area (Å²) in [7, 11) is 0. The van der Waals surface area contributed by atoms with Gasteiger partial charge in [-0.1, -0.05) is 47.2 Å². The molecule has 1 aromatic heterocycles. The summed E-state index contributed by atoms with van der Waals surface area (Å²) in [6, 6.07) is 14.3. The minimum atomic E-state index is 0.200. The molecule has 0 N–H and O–H groups in total. The first-order valence-electron chi connectivity index (χ1n) is 9.74. The van der Waals surface area contributed by atoms with Crippen LogP contribution in [0.15, 0.2) is 42.5 Å². The zero-order valence-corrected chi connectivity index (χ0v) is 17.2. The highest BCUT2D eigenvalue weighted by molar-refractivity contribution is 7.22. The number of hydrogen-bond donors (Lipinski definition) is 0. The lowest BCUT2D eigenvalue weighted by Gasteiger charge is -2.34. The molecular formula is C22H25N3O2S. The molecule has 0 atom stereocenters. The SMILES string of the molecule is CCOc1cccc2sc(N3CCN(C(=O)Cc4ccc(C)cc4)CC3)nc12. The largest absolute Gasteiger partial charge is 0.492 e. The van der Waals surface area contributed by atoms with Crippen LogP contribution in [0.5, 0.6) is 5.75 Å². The van der Waals surface area contributed by atoms with Crippen molar-refractivity contribution in [3.05, 3.63) is 53.6 Å². The molecule has 3 aromatic rings. The Morgan fingerprint density at radius 2 is 1.86 bits per heavy atom. The molecule has 146 valence electrons. The topological polar surface area (TPSA) is 45.7 Å². The zero-order chi connectivity index (χ0) is 19.5. The van der Waals surface area contributed by atoms with Crippen molar-refractivity contribution in [2.24, 2.45) is 0 Å². The molecule has 1 aliphatic rings. The minimum Gasteiger partial charge on any atom is -0.492 e. The molecular weight excluding hydrogens is 370 g/mol. The smallest absolute Gasteiger partial charge is 0.227 e. The molecule has 0 radical (unpaired) electrons. The van der Waals surface area contributed by atoms with E-state index < -0.39 is 0 Å². The van der Waals surface area contributed by atoms with Crippen LogP contribution in [0.2, 0.25) is 0 Å². The summed E-state index contributed by atoms with van der Waals surface area (Å²) in [4.78, 5) is 21.7. The van der Waals surface area contributed by atoms with Crippen molar-refractivity contribution in [3.63, 3.8) is 0 Å². The van der Waals surface area contributed by atoms with Crippen LogP contribution >= 0.6 is 11.3 Å². The molecule has 2 aromatic carbocycles. The molecule has 5 nitrogen and oxygen atoms in total. The summed E-state index contributed by atoms with van der Waals surface area (Å²) < 4.78 is 6.84. The molecule has 0 aliphatic carbocycles. The van der Waals surface area contributed by atoms with Gasteiger partial charge in [-0.25, -0.2) is 4.98 Å². The van der Waals surface area contributed by atoms with Gasteiger partial charge in [-0.05, 0) is 31.5 Å². The molecule has 2 heterocycles. The number of para-hydroxylation sites is 1. The van der Waals surface area contributed by atoms with E-state index in [0.29, 0.717) is 13.0 Å². The molecule has 1 fully saturated rings. The number of amides is 1. The lowest BCUT2D eigenvalue weighted by Crippen LogP contribution is -2.49. The van der Waals surface area contributed by atoms with Crippen LogP contribution in [0.3, 0.4) is 0 Å². The lowest BCUT2D eigenvalue weighted by molar-refractivity contribution is -0.130. The first-order valence-corrected chi connectivity index (χ1v) is 10.6. The number of ether oxygens (including phenoxy) is 1. The Hall–Kier alpha value is -2.60. The van der Waals surface area contributed by atoms with E-state index in [2.05, 4.69) is 30.0 Å². The number of anilines is 1. The fourth-order valence-electron chi connectivity index (χ4n) is 3.46. The Bertz CT molecular complexity index is 960. The van der Waals surface area contributed by atoms with Gasteiger partial charge in [0.15, 0.2) is 5.13 Å². The maximum atomic E-state index is 12.6. The molecule has 6 heteroatoms. The standard InChI is InChI=1S/C22H25N3O2S/c1-3-27-18-5-4-6-19-21(18)23-22(28-19)25-13-11-24(12-14-25)20(26)15-17-9-7-16(2)8-10-17/h4-10H,3,11-15H2,1-2H3. The summed E-state index contributed by atoms with van der Waals surface area (Å²) in [5, 5.41) is 1.01. The van der Waals surface area contributed by atoms with E-state index in [1.807, 2.05) is 36.1 Å². The van der Waals surface area contributed by atoms with Gasteiger partial charge in [0.2, 0.25) is 5.91 Å². The quantitative estimate of drug-likeness (QED) is 0.657. The summed E-state index contributed by atoms with van der Waals surface area (Å²) in [6.45, 7) is 7.77. The second-order valence-electron chi connectivity index (χ2n) is 7.06. The minimum absolute atomic E-state index is 0.200. The van der Waals surface area contributed by atoms with Crippen LogP contribution in [-0.2, 0) is 11.2 Å². The third kappa shape index (κ3) is 3.97. The Balaban J connectivity index is 1.40. The van der Waals surface area contributed by atoms with E-state index in [9.17, 15) is 4.79 Å². The van der Waals surface area contributed by atoms with E-state index in [1.54, 1.807) is 11.3 Å². The van der Waals surface area contributed by atoms with Gasteiger partial charge in [0.05, 0.1) is 17.7 Å². The fraction of sp³-hybridized carbons (Fsp3) is 0.364. The molecule has 1 amide bonds. The molecule has 4 rings (SSSR count). The summed E-state index contributed by atoms with van der Waals surface area (Å²) in [5.41, 5.74) is 3.23. The fourth-order valence-corrected chi connectivity index (χ4v) is 4.49. The molecule has 0 saturated carbocycles.